The van der Waals surface area contributed by atoms with Crippen LogP contribution in [0.5, 0.6) is 0 Å². The van der Waals surface area contributed by atoms with Crippen LogP contribution in [0.15, 0.2) is 30.3 Å². The van der Waals surface area contributed by atoms with Crippen LogP contribution < -0.4 is 0 Å². The minimum atomic E-state index is -3.42. The number of halogens is 2. The van der Waals surface area contributed by atoms with Crippen molar-refractivity contribution in [3.63, 3.8) is 0 Å². The largest absolute Gasteiger partial charge is 0.232 e. The molecule has 0 spiro atoms. The fourth-order valence-corrected chi connectivity index (χ4v) is 1.69. The molecular weight excluding hydrogens is 239 g/mol. The van der Waals surface area contributed by atoms with Gasteiger partial charge in [-0.1, -0.05) is 24.3 Å². The van der Waals surface area contributed by atoms with Crippen LogP contribution >= 0.6 is 10.7 Å². The molecule has 1 aromatic carbocycles. The van der Waals surface area contributed by atoms with Gasteiger partial charge in [0, 0.05) is 10.7 Å². The van der Waals surface area contributed by atoms with E-state index in [0.29, 0.717) is 6.42 Å². The van der Waals surface area contributed by atoms with Crippen LogP contribution in [0.4, 0.5) is 4.39 Å². The van der Waals surface area contributed by atoms with Gasteiger partial charge in [-0.25, -0.2) is 12.8 Å². The molecule has 0 aliphatic rings. The molecule has 0 atom stereocenters. The van der Waals surface area contributed by atoms with E-state index >= 15 is 0 Å². The molecule has 0 aliphatic heterocycles. The third-order valence-electron chi connectivity index (χ3n) is 1.71. The van der Waals surface area contributed by atoms with Crippen molar-refractivity contribution in [3.8, 4) is 0 Å². The first-order valence-corrected chi connectivity index (χ1v) is 6.80. The molecule has 1 aromatic rings. The third kappa shape index (κ3) is 5.54. The second-order valence-corrected chi connectivity index (χ2v) is 5.88. The average molecular weight is 249 g/mol. The molecule has 0 saturated carbocycles. The van der Waals surface area contributed by atoms with E-state index in [1.54, 1.807) is 24.3 Å². The second-order valence-electron chi connectivity index (χ2n) is 2.99. The van der Waals surface area contributed by atoms with Gasteiger partial charge in [-0.2, -0.15) is 0 Å². The lowest BCUT2D eigenvalue weighted by Crippen LogP contribution is -1.94. The molecule has 5 heteroatoms. The number of allylic oxidation sites excluding steroid dienone is 1. The molecule has 0 N–H and O–H groups in total. The van der Waals surface area contributed by atoms with Crippen molar-refractivity contribution in [3.05, 3.63) is 41.7 Å². The predicted molar refractivity (Wildman–Crippen MR) is 59.7 cm³/mol. The summed E-state index contributed by atoms with van der Waals surface area (Å²) >= 11 is 0. The normalized spacial score (nSPS) is 12.1. The van der Waals surface area contributed by atoms with Crippen molar-refractivity contribution >= 4 is 25.8 Å². The average Bonchev–Trinajstić information content (AvgIpc) is 2.14. The number of rotatable bonds is 4. The molecule has 15 heavy (non-hydrogen) atoms. The monoisotopic (exact) mass is 248 g/mol. The highest BCUT2D eigenvalue weighted by molar-refractivity contribution is 8.13. The molecule has 0 saturated heterocycles. The zero-order valence-corrected chi connectivity index (χ0v) is 9.43. The first-order chi connectivity index (χ1) is 6.97. The van der Waals surface area contributed by atoms with E-state index < -0.39 is 9.05 Å². The van der Waals surface area contributed by atoms with Crippen molar-refractivity contribution in [1.29, 1.82) is 0 Å². The fourth-order valence-electron chi connectivity index (χ4n) is 1.00. The molecule has 1 rings (SSSR count). The standard InChI is InChI=1S/C10H10ClFO2S/c11-15(13,14)8-2-1-3-9-4-6-10(12)7-5-9/h1,3-7H,2,8H2/b3-1+. The van der Waals surface area contributed by atoms with Gasteiger partial charge in [-0.05, 0) is 24.1 Å². The van der Waals surface area contributed by atoms with E-state index in [0.717, 1.165) is 5.56 Å². The van der Waals surface area contributed by atoms with Gasteiger partial charge in [0.15, 0.2) is 0 Å². The quantitative estimate of drug-likeness (QED) is 0.768. The lowest BCUT2D eigenvalue weighted by molar-refractivity contribution is 0.609. The van der Waals surface area contributed by atoms with Crippen LogP contribution in [0.2, 0.25) is 0 Å². The first kappa shape index (κ1) is 12.2. The van der Waals surface area contributed by atoms with Gasteiger partial charge in [-0.3, -0.25) is 0 Å². The molecule has 0 amide bonds. The highest BCUT2D eigenvalue weighted by Gasteiger charge is 2.01. The summed E-state index contributed by atoms with van der Waals surface area (Å²) in [5, 5.41) is 0. The third-order valence-corrected chi connectivity index (χ3v) is 2.89. The summed E-state index contributed by atoms with van der Waals surface area (Å²) in [5.41, 5.74) is 0.823. The molecule has 2 nitrogen and oxygen atoms in total. The van der Waals surface area contributed by atoms with Crippen molar-refractivity contribution in [2.24, 2.45) is 0 Å². The zero-order valence-electron chi connectivity index (χ0n) is 7.86. The van der Waals surface area contributed by atoms with Gasteiger partial charge in [0.2, 0.25) is 9.05 Å². The molecular formula is C10H10ClFO2S. The van der Waals surface area contributed by atoms with Gasteiger partial charge < -0.3 is 0 Å². The Morgan fingerprint density at radius 1 is 1.27 bits per heavy atom. The molecule has 0 unspecified atom stereocenters. The fraction of sp³-hybridized carbons (Fsp3) is 0.200. The van der Waals surface area contributed by atoms with Crippen LogP contribution in [0.1, 0.15) is 12.0 Å². The smallest absolute Gasteiger partial charge is 0.212 e. The van der Waals surface area contributed by atoms with Crippen molar-refractivity contribution in [1.82, 2.24) is 0 Å². The lowest BCUT2D eigenvalue weighted by atomic mass is 10.2. The zero-order chi connectivity index (χ0) is 11.3. The van der Waals surface area contributed by atoms with E-state index in [1.165, 1.54) is 12.1 Å². The van der Waals surface area contributed by atoms with Crippen LogP contribution in [0.3, 0.4) is 0 Å². The molecule has 0 heterocycles. The van der Waals surface area contributed by atoms with Crippen LogP contribution in [0, 0.1) is 5.82 Å². The minimum Gasteiger partial charge on any atom is -0.212 e. The van der Waals surface area contributed by atoms with Crippen molar-refractivity contribution in [2.75, 3.05) is 5.75 Å². The Morgan fingerprint density at radius 3 is 2.40 bits per heavy atom. The van der Waals surface area contributed by atoms with E-state index in [1.807, 2.05) is 0 Å². The molecule has 0 aliphatic carbocycles. The Kier molecular flexibility index (Phi) is 4.29. The maximum Gasteiger partial charge on any atom is 0.232 e. The maximum atomic E-state index is 12.5. The Morgan fingerprint density at radius 2 is 1.87 bits per heavy atom. The number of benzene rings is 1. The SMILES string of the molecule is O=S(=O)(Cl)CC/C=C/c1ccc(F)cc1. The van der Waals surface area contributed by atoms with E-state index in [4.69, 9.17) is 10.7 Å². The van der Waals surface area contributed by atoms with Gasteiger partial charge >= 0.3 is 0 Å². The van der Waals surface area contributed by atoms with Crippen LogP contribution in [-0.4, -0.2) is 14.2 Å². The summed E-state index contributed by atoms with van der Waals surface area (Å²) < 4.78 is 33.6. The maximum absolute atomic E-state index is 12.5. The van der Waals surface area contributed by atoms with Crippen LogP contribution in [0.25, 0.3) is 6.08 Å². The lowest BCUT2D eigenvalue weighted by Gasteiger charge is -1.93. The Hall–Kier alpha value is -0.870. The highest BCUT2D eigenvalue weighted by Crippen LogP contribution is 2.06. The molecule has 82 valence electrons. The number of hydrogen-bond donors (Lipinski definition) is 0. The summed E-state index contributed by atoms with van der Waals surface area (Å²) in [6.07, 6.45) is 3.76. The first-order valence-electron chi connectivity index (χ1n) is 4.32. The Bertz CT molecular complexity index is 437. The molecule has 0 radical (unpaired) electrons. The summed E-state index contributed by atoms with van der Waals surface area (Å²) in [6, 6.07) is 5.91. The molecule has 0 fully saturated rings. The topological polar surface area (TPSA) is 34.1 Å². The predicted octanol–water partition coefficient (Wildman–Crippen LogP) is 2.80. The van der Waals surface area contributed by atoms with Gasteiger partial charge in [0.05, 0.1) is 5.75 Å². The number of hydrogen-bond acceptors (Lipinski definition) is 2. The Labute approximate surface area is 92.8 Å². The van der Waals surface area contributed by atoms with Gasteiger partial charge in [0.25, 0.3) is 0 Å². The van der Waals surface area contributed by atoms with Gasteiger partial charge in [0.1, 0.15) is 5.82 Å². The van der Waals surface area contributed by atoms with Crippen LogP contribution in [-0.2, 0) is 9.05 Å². The van der Waals surface area contributed by atoms with Crippen molar-refractivity contribution < 1.29 is 12.8 Å². The van der Waals surface area contributed by atoms with Crippen molar-refractivity contribution in [2.45, 2.75) is 6.42 Å². The molecule has 0 aromatic heterocycles. The van der Waals surface area contributed by atoms with E-state index in [-0.39, 0.29) is 11.6 Å². The highest BCUT2D eigenvalue weighted by atomic mass is 35.7. The molecule has 0 bridgehead atoms. The van der Waals surface area contributed by atoms with E-state index in [2.05, 4.69) is 0 Å². The summed E-state index contributed by atoms with van der Waals surface area (Å²) in [5.74, 6) is -0.387. The summed E-state index contributed by atoms with van der Waals surface area (Å²) in [4.78, 5) is 0. The van der Waals surface area contributed by atoms with Gasteiger partial charge in [-0.15, -0.1) is 0 Å². The summed E-state index contributed by atoms with van der Waals surface area (Å²) in [6.45, 7) is 0. The minimum absolute atomic E-state index is 0.0910. The Balaban J connectivity index is 2.48. The summed E-state index contributed by atoms with van der Waals surface area (Å²) in [7, 11) is 1.60. The second kappa shape index (κ2) is 5.28. The van der Waals surface area contributed by atoms with E-state index in [9.17, 15) is 12.8 Å².